The molecule has 1 aliphatic rings. The molecule has 118 valence electrons. The summed E-state index contributed by atoms with van der Waals surface area (Å²) in [4.78, 5) is 2.36. The minimum absolute atomic E-state index is 0.522. The van der Waals surface area contributed by atoms with Crippen molar-refractivity contribution in [2.75, 3.05) is 19.6 Å². The highest BCUT2D eigenvalue weighted by Gasteiger charge is 2.33. The van der Waals surface area contributed by atoms with E-state index in [9.17, 15) is 5.11 Å². The molecular weight excluding hydrogens is 276 g/mol. The Balaban J connectivity index is 1.55. The lowest BCUT2D eigenvalue weighted by Crippen LogP contribution is -2.51. The van der Waals surface area contributed by atoms with E-state index in [1.54, 1.807) is 10.9 Å². The lowest BCUT2D eigenvalue weighted by Gasteiger charge is -2.39. The van der Waals surface area contributed by atoms with Crippen LogP contribution >= 0.6 is 0 Å². The molecule has 1 unspecified atom stereocenters. The number of hydrogen-bond acceptors (Lipinski definition) is 4. The van der Waals surface area contributed by atoms with Gasteiger partial charge in [-0.2, -0.15) is 0 Å². The molecule has 0 radical (unpaired) electrons. The second kappa shape index (κ2) is 6.58. The Kier molecular flexibility index (Phi) is 4.55. The van der Waals surface area contributed by atoms with E-state index in [4.69, 9.17) is 0 Å². The van der Waals surface area contributed by atoms with Gasteiger partial charge in [-0.15, -0.1) is 5.10 Å². The van der Waals surface area contributed by atoms with Crippen LogP contribution in [0.3, 0.4) is 0 Å². The zero-order valence-electron chi connectivity index (χ0n) is 13.1. The molecule has 2 aromatic rings. The monoisotopic (exact) mass is 300 g/mol. The molecule has 22 heavy (non-hydrogen) atoms. The Morgan fingerprint density at radius 1 is 1.27 bits per heavy atom. The zero-order chi connectivity index (χ0) is 15.4. The van der Waals surface area contributed by atoms with Crippen molar-refractivity contribution in [2.24, 2.45) is 0 Å². The van der Waals surface area contributed by atoms with Crippen LogP contribution in [-0.2, 0) is 13.0 Å². The van der Waals surface area contributed by atoms with Gasteiger partial charge in [0.05, 0.1) is 18.3 Å². The highest BCUT2D eigenvalue weighted by Crippen LogP contribution is 2.23. The van der Waals surface area contributed by atoms with Crippen LogP contribution in [0.2, 0.25) is 0 Å². The number of aryl methyl sites for hydroxylation is 1. The van der Waals surface area contributed by atoms with E-state index in [2.05, 4.69) is 46.4 Å². The molecule has 1 atom stereocenters. The third-order valence-corrected chi connectivity index (χ3v) is 4.40. The van der Waals surface area contributed by atoms with E-state index in [1.807, 2.05) is 6.20 Å². The first-order chi connectivity index (χ1) is 10.6. The van der Waals surface area contributed by atoms with Gasteiger partial charge in [-0.25, -0.2) is 4.68 Å². The number of aliphatic hydroxyl groups is 1. The van der Waals surface area contributed by atoms with E-state index in [0.717, 1.165) is 32.4 Å². The van der Waals surface area contributed by atoms with E-state index in [1.165, 1.54) is 11.1 Å². The molecule has 5 heteroatoms. The summed E-state index contributed by atoms with van der Waals surface area (Å²) in [6.07, 6.45) is 6.34. The fourth-order valence-electron chi connectivity index (χ4n) is 3.19. The summed E-state index contributed by atoms with van der Waals surface area (Å²) in [7, 11) is 0. The van der Waals surface area contributed by atoms with Crippen LogP contribution in [0.4, 0.5) is 0 Å². The van der Waals surface area contributed by atoms with Gasteiger partial charge in [0.15, 0.2) is 0 Å². The topological polar surface area (TPSA) is 54.2 Å². The quantitative estimate of drug-likeness (QED) is 0.912. The first kappa shape index (κ1) is 15.2. The SMILES string of the molecule is Cc1ccc(CCN2CCCC(O)(Cn3ccnn3)C2)cc1. The Labute approximate surface area is 131 Å². The predicted octanol–water partition coefficient (Wildman–Crippen LogP) is 1.66. The smallest absolute Gasteiger partial charge is 0.0969 e. The van der Waals surface area contributed by atoms with Gasteiger partial charge < -0.3 is 10.0 Å². The minimum atomic E-state index is -0.695. The van der Waals surface area contributed by atoms with Crippen molar-refractivity contribution in [3.8, 4) is 0 Å². The summed E-state index contributed by atoms with van der Waals surface area (Å²) in [6.45, 7) is 5.39. The van der Waals surface area contributed by atoms with Gasteiger partial charge in [-0.05, 0) is 38.3 Å². The van der Waals surface area contributed by atoms with Crippen LogP contribution in [0.15, 0.2) is 36.7 Å². The third-order valence-electron chi connectivity index (χ3n) is 4.40. The molecule has 1 aromatic heterocycles. The summed E-state index contributed by atoms with van der Waals surface area (Å²) >= 11 is 0. The van der Waals surface area contributed by atoms with E-state index < -0.39 is 5.60 Å². The third kappa shape index (κ3) is 3.93. The molecule has 0 amide bonds. The molecule has 1 N–H and O–H groups in total. The number of β-amino-alcohol motifs (C(OH)–C–C–N with tert-alkyl or cyclic N) is 1. The highest BCUT2D eigenvalue weighted by atomic mass is 16.3. The van der Waals surface area contributed by atoms with E-state index in [-0.39, 0.29) is 0 Å². The fraction of sp³-hybridized carbons (Fsp3) is 0.529. The Morgan fingerprint density at radius 3 is 2.82 bits per heavy atom. The zero-order valence-corrected chi connectivity index (χ0v) is 13.1. The molecule has 5 nitrogen and oxygen atoms in total. The van der Waals surface area contributed by atoms with Gasteiger partial charge in [0.2, 0.25) is 0 Å². The molecule has 1 fully saturated rings. The van der Waals surface area contributed by atoms with Gasteiger partial charge in [0, 0.05) is 19.3 Å². The first-order valence-corrected chi connectivity index (χ1v) is 7.97. The average Bonchev–Trinajstić information content (AvgIpc) is 2.99. The maximum atomic E-state index is 10.8. The van der Waals surface area contributed by atoms with Crippen LogP contribution in [0, 0.1) is 6.92 Å². The molecule has 1 aromatic carbocycles. The van der Waals surface area contributed by atoms with Crippen molar-refractivity contribution in [1.82, 2.24) is 19.9 Å². The average molecular weight is 300 g/mol. The van der Waals surface area contributed by atoms with E-state index >= 15 is 0 Å². The van der Waals surface area contributed by atoms with Gasteiger partial charge in [-0.3, -0.25) is 0 Å². The largest absolute Gasteiger partial charge is 0.387 e. The summed E-state index contributed by atoms with van der Waals surface area (Å²) in [6, 6.07) is 8.71. The second-order valence-corrected chi connectivity index (χ2v) is 6.44. The Hall–Kier alpha value is -1.72. The summed E-state index contributed by atoms with van der Waals surface area (Å²) in [5, 5.41) is 18.6. The van der Waals surface area contributed by atoms with Gasteiger partial charge in [0.25, 0.3) is 0 Å². The number of benzene rings is 1. The molecule has 0 spiro atoms. The van der Waals surface area contributed by atoms with Crippen molar-refractivity contribution in [3.63, 3.8) is 0 Å². The fourth-order valence-corrected chi connectivity index (χ4v) is 3.19. The molecule has 1 saturated heterocycles. The predicted molar refractivity (Wildman–Crippen MR) is 85.5 cm³/mol. The van der Waals surface area contributed by atoms with Crippen molar-refractivity contribution >= 4 is 0 Å². The lowest BCUT2D eigenvalue weighted by molar-refractivity contribution is -0.0452. The van der Waals surface area contributed by atoms with Crippen molar-refractivity contribution < 1.29 is 5.11 Å². The van der Waals surface area contributed by atoms with Crippen LogP contribution in [0.25, 0.3) is 0 Å². The number of rotatable bonds is 5. The van der Waals surface area contributed by atoms with Crippen LogP contribution in [-0.4, -0.2) is 50.2 Å². The Bertz CT molecular complexity index is 581. The van der Waals surface area contributed by atoms with Crippen molar-refractivity contribution in [2.45, 2.75) is 38.3 Å². The molecule has 2 heterocycles. The van der Waals surface area contributed by atoms with E-state index in [0.29, 0.717) is 13.1 Å². The first-order valence-electron chi connectivity index (χ1n) is 7.97. The number of hydrogen-bond donors (Lipinski definition) is 1. The summed E-state index contributed by atoms with van der Waals surface area (Å²) in [5.74, 6) is 0. The number of likely N-dealkylation sites (tertiary alicyclic amines) is 1. The normalized spacial score (nSPS) is 22.8. The van der Waals surface area contributed by atoms with Crippen molar-refractivity contribution in [1.29, 1.82) is 0 Å². The summed E-state index contributed by atoms with van der Waals surface area (Å²) < 4.78 is 1.73. The van der Waals surface area contributed by atoms with Crippen LogP contribution in [0.1, 0.15) is 24.0 Å². The number of nitrogens with zero attached hydrogens (tertiary/aromatic N) is 4. The maximum Gasteiger partial charge on any atom is 0.0969 e. The van der Waals surface area contributed by atoms with Gasteiger partial charge in [-0.1, -0.05) is 35.0 Å². The highest BCUT2D eigenvalue weighted by molar-refractivity contribution is 5.21. The maximum absolute atomic E-state index is 10.8. The molecule has 0 bridgehead atoms. The molecular formula is C17H24N4O. The molecule has 0 aliphatic carbocycles. The van der Waals surface area contributed by atoms with Crippen molar-refractivity contribution in [3.05, 3.63) is 47.8 Å². The summed E-state index contributed by atoms with van der Waals surface area (Å²) in [5.41, 5.74) is 1.96. The van der Waals surface area contributed by atoms with Gasteiger partial charge in [0.1, 0.15) is 0 Å². The molecule has 0 saturated carbocycles. The second-order valence-electron chi connectivity index (χ2n) is 6.44. The minimum Gasteiger partial charge on any atom is -0.387 e. The molecule has 3 rings (SSSR count). The number of piperidine rings is 1. The van der Waals surface area contributed by atoms with Gasteiger partial charge >= 0.3 is 0 Å². The number of aromatic nitrogens is 3. The van der Waals surface area contributed by atoms with Crippen LogP contribution in [0.5, 0.6) is 0 Å². The van der Waals surface area contributed by atoms with Crippen LogP contribution < -0.4 is 0 Å². The Morgan fingerprint density at radius 2 is 2.09 bits per heavy atom. The standard InChI is InChI=1S/C17H24N4O/c1-15-3-5-16(6-4-15)7-11-20-10-2-8-17(22,13-20)14-21-12-9-18-19-21/h3-6,9,12,22H,2,7-8,10-11,13-14H2,1H3. The lowest BCUT2D eigenvalue weighted by atomic mass is 9.92. The molecule has 1 aliphatic heterocycles.